The molecule has 7 heteroatoms. The number of nitrogens with zero attached hydrogens (tertiary/aromatic N) is 3. The summed E-state index contributed by atoms with van der Waals surface area (Å²) in [5.74, 6) is 1.14. The Balaban J connectivity index is 1.56. The monoisotopic (exact) mass is 327 g/mol. The van der Waals surface area contributed by atoms with Crippen LogP contribution in [0.5, 0.6) is 0 Å². The summed E-state index contributed by atoms with van der Waals surface area (Å²) in [5.41, 5.74) is 14.3. The Kier molecular flexibility index (Phi) is 5.02. The van der Waals surface area contributed by atoms with Crippen molar-refractivity contribution in [3.8, 4) is 0 Å². The normalized spacial score (nSPS) is 22.0. The highest BCUT2D eigenvalue weighted by Crippen LogP contribution is 2.15. The van der Waals surface area contributed by atoms with Crippen molar-refractivity contribution in [2.24, 2.45) is 10.7 Å². The molecule has 0 amide bonds. The first-order chi connectivity index (χ1) is 11.6. The number of piperazine rings is 1. The van der Waals surface area contributed by atoms with Crippen molar-refractivity contribution < 1.29 is 0 Å². The number of benzene rings is 1. The van der Waals surface area contributed by atoms with E-state index in [1.54, 1.807) is 0 Å². The third-order valence-electron chi connectivity index (χ3n) is 4.20. The zero-order valence-electron chi connectivity index (χ0n) is 14.0. The van der Waals surface area contributed by atoms with Gasteiger partial charge >= 0.3 is 0 Å². The molecular formula is C17H25N7. The molecule has 2 heterocycles. The number of nitrogens with one attached hydrogen (secondary N) is 3. The van der Waals surface area contributed by atoms with E-state index >= 15 is 0 Å². The van der Waals surface area contributed by atoms with Crippen LogP contribution in [0.2, 0.25) is 0 Å². The van der Waals surface area contributed by atoms with E-state index in [1.165, 1.54) is 0 Å². The lowest BCUT2D eigenvalue weighted by Crippen LogP contribution is -2.48. The molecule has 1 aromatic rings. The van der Waals surface area contributed by atoms with E-state index in [4.69, 9.17) is 5.73 Å². The van der Waals surface area contributed by atoms with Crippen LogP contribution in [0.4, 0.5) is 0 Å². The van der Waals surface area contributed by atoms with Crippen molar-refractivity contribution in [1.29, 1.82) is 0 Å². The Morgan fingerprint density at radius 2 is 1.96 bits per heavy atom. The summed E-state index contributed by atoms with van der Waals surface area (Å²) in [6, 6.07) is 10.1. The molecule has 1 unspecified atom stereocenters. The summed E-state index contributed by atoms with van der Waals surface area (Å²) in [6.07, 6.45) is 1.79. The second-order valence-electron chi connectivity index (χ2n) is 6.04. The number of hydrogen-bond acceptors (Lipinski definition) is 5. The Labute approximate surface area is 142 Å². The van der Waals surface area contributed by atoms with Crippen molar-refractivity contribution >= 4 is 11.7 Å². The van der Waals surface area contributed by atoms with Gasteiger partial charge in [0.05, 0.1) is 5.70 Å². The van der Waals surface area contributed by atoms with Gasteiger partial charge in [0.25, 0.3) is 0 Å². The van der Waals surface area contributed by atoms with Gasteiger partial charge < -0.3 is 26.3 Å². The fourth-order valence-corrected chi connectivity index (χ4v) is 2.73. The number of likely N-dealkylation sites (N-methyl/N-ethyl adjacent to an activating group) is 1. The van der Waals surface area contributed by atoms with E-state index in [1.807, 2.05) is 36.4 Å². The molecule has 1 saturated heterocycles. The second kappa shape index (κ2) is 7.37. The molecule has 0 radical (unpaired) electrons. The predicted molar refractivity (Wildman–Crippen MR) is 97.4 cm³/mol. The van der Waals surface area contributed by atoms with Crippen molar-refractivity contribution in [2.75, 3.05) is 33.2 Å². The van der Waals surface area contributed by atoms with Gasteiger partial charge in [-0.15, -0.1) is 0 Å². The van der Waals surface area contributed by atoms with E-state index in [9.17, 15) is 0 Å². The van der Waals surface area contributed by atoms with Gasteiger partial charge in [-0.2, -0.15) is 0 Å². The Morgan fingerprint density at radius 1 is 1.25 bits per heavy atom. The first kappa shape index (κ1) is 16.4. The molecule has 7 nitrogen and oxygen atoms in total. The van der Waals surface area contributed by atoms with Gasteiger partial charge in [0, 0.05) is 26.2 Å². The highest BCUT2D eigenvalue weighted by molar-refractivity contribution is 5.80. The maximum Gasteiger partial charge on any atom is 0.196 e. The lowest BCUT2D eigenvalue weighted by Gasteiger charge is -2.35. The quantitative estimate of drug-likeness (QED) is 0.463. The molecule has 1 atom stereocenters. The molecule has 1 aromatic carbocycles. The molecule has 0 aliphatic carbocycles. The molecule has 0 spiro atoms. The first-order valence-corrected chi connectivity index (χ1v) is 8.13. The lowest BCUT2D eigenvalue weighted by atomic mass is 10.1. The van der Waals surface area contributed by atoms with Crippen LogP contribution in [0.25, 0.3) is 5.70 Å². The third-order valence-corrected chi connectivity index (χ3v) is 4.20. The molecular weight excluding hydrogens is 302 g/mol. The molecule has 2 aliphatic heterocycles. The average molecular weight is 327 g/mol. The molecule has 0 aromatic heterocycles. The Bertz CT molecular complexity index is 630. The maximum atomic E-state index is 6.02. The minimum Gasteiger partial charge on any atom is -0.370 e. The largest absolute Gasteiger partial charge is 0.370 e. The zero-order valence-corrected chi connectivity index (χ0v) is 14.0. The number of rotatable bonds is 4. The topological polar surface area (TPSA) is 80.9 Å². The van der Waals surface area contributed by atoms with E-state index in [2.05, 4.69) is 44.6 Å². The van der Waals surface area contributed by atoms with Crippen LogP contribution in [0, 0.1) is 0 Å². The van der Waals surface area contributed by atoms with Crippen LogP contribution >= 0.6 is 0 Å². The highest BCUT2D eigenvalue weighted by atomic mass is 15.4. The number of hydrogen-bond donors (Lipinski definition) is 4. The van der Waals surface area contributed by atoms with Crippen molar-refractivity contribution in [3.63, 3.8) is 0 Å². The fraction of sp³-hybridized carbons (Fsp3) is 0.353. The Hall–Kier alpha value is -2.51. The molecule has 3 rings (SSSR count). The van der Waals surface area contributed by atoms with Gasteiger partial charge in [-0.3, -0.25) is 0 Å². The summed E-state index contributed by atoms with van der Waals surface area (Å²) in [4.78, 5) is 8.92. The van der Waals surface area contributed by atoms with E-state index in [0.717, 1.165) is 43.3 Å². The van der Waals surface area contributed by atoms with Gasteiger partial charge in [-0.05, 0) is 18.7 Å². The van der Waals surface area contributed by atoms with E-state index in [0.29, 0.717) is 5.96 Å². The Morgan fingerprint density at radius 3 is 2.67 bits per heavy atom. The lowest BCUT2D eigenvalue weighted by molar-refractivity contribution is 0.182. The summed E-state index contributed by atoms with van der Waals surface area (Å²) >= 11 is 0. The number of nitrogens with two attached hydrogens (primary N) is 1. The summed E-state index contributed by atoms with van der Waals surface area (Å²) in [5, 5.41) is 3.09. The third kappa shape index (κ3) is 4.06. The zero-order chi connectivity index (χ0) is 16.9. The fourth-order valence-electron chi connectivity index (χ4n) is 2.73. The maximum absolute atomic E-state index is 6.02. The molecule has 1 fully saturated rings. The number of guanidine groups is 1. The smallest absolute Gasteiger partial charge is 0.196 e. The highest BCUT2D eigenvalue weighted by Gasteiger charge is 2.17. The van der Waals surface area contributed by atoms with Crippen LogP contribution in [0.3, 0.4) is 0 Å². The number of hydrazine groups is 1. The average Bonchev–Trinajstić information content (AvgIpc) is 3.04. The van der Waals surface area contributed by atoms with Gasteiger partial charge in [0.15, 0.2) is 5.96 Å². The van der Waals surface area contributed by atoms with Crippen LogP contribution < -0.4 is 21.9 Å². The predicted octanol–water partition coefficient (Wildman–Crippen LogP) is 0.0843. The summed E-state index contributed by atoms with van der Waals surface area (Å²) in [6.45, 7) is 7.99. The molecule has 5 N–H and O–H groups in total. The van der Waals surface area contributed by atoms with E-state index < -0.39 is 0 Å². The van der Waals surface area contributed by atoms with Crippen molar-refractivity contribution in [2.45, 2.75) is 6.17 Å². The minimum absolute atomic E-state index is 0.215. The number of aliphatic imine (C=N–C) groups is 1. The molecule has 128 valence electrons. The van der Waals surface area contributed by atoms with Crippen LogP contribution in [-0.2, 0) is 0 Å². The first-order valence-electron chi connectivity index (χ1n) is 8.13. The second-order valence-corrected chi connectivity index (χ2v) is 6.04. The molecule has 2 aliphatic rings. The van der Waals surface area contributed by atoms with Gasteiger partial charge in [-0.1, -0.05) is 36.9 Å². The van der Waals surface area contributed by atoms with Crippen molar-refractivity contribution in [1.82, 2.24) is 26.0 Å². The summed E-state index contributed by atoms with van der Waals surface area (Å²) < 4.78 is 0. The molecule has 24 heavy (non-hydrogen) atoms. The minimum atomic E-state index is -0.215. The van der Waals surface area contributed by atoms with Gasteiger partial charge in [0.1, 0.15) is 12.0 Å². The van der Waals surface area contributed by atoms with Crippen LogP contribution in [-0.4, -0.2) is 55.2 Å². The molecule has 0 bridgehead atoms. The standard InChI is InChI=1S/C17H25N7/c1-13(24-10-8-23(2)9-11-24)19-17(18)20-16-12-15(21-22-16)14-6-4-3-5-7-14/h3-7,12,16,21-22H,1,8-11H2,2H3,(H3,18,19,20). The van der Waals surface area contributed by atoms with Gasteiger partial charge in [0.2, 0.25) is 0 Å². The van der Waals surface area contributed by atoms with Gasteiger partial charge in [-0.25, -0.2) is 10.4 Å². The SMILES string of the molecule is C=C(NC(N)=NC1C=C(c2ccccc2)NN1)N1CCN(C)CC1. The van der Waals surface area contributed by atoms with Crippen molar-refractivity contribution in [3.05, 3.63) is 54.4 Å². The summed E-state index contributed by atoms with van der Waals surface area (Å²) in [7, 11) is 2.12. The van der Waals surface area contributed by atoms with Crippen LogP contribution in [0.1, 0.15) is 5.56 Å². The van der Waals surface area contributed by atoms with E-state index in [-0.39, 0.29) is 6.17 Å². The van der Waals surface area contributed by atoms with Crippen LogP contribution in [0.15, 0.2) is 53.8 Å². The molecule has 0 saturated carbocycles.